The summed E-state index contributed by atoms with van der Waals surface area (Å²) < 4.78 is 40.5. The summed E-state index contributed by atoms with van der Waals surface area (Å²) in [4.78, 5) is 17.8. The van der Waals surface area contributed by atoms with Crippen LogP contribution in [0.2, 0.25) is 0 Å². The summed E-state index contributed by atoms with van der Waals surface area (Å²) in [6, 6.07) is -0.600. The molecule has 0 saturated carbocycles. The fourth-order valence-electron chi connectivity index (χ4n) is 1.92. The summed E-state index contributed by atoms with van der Waals surface area (Å²) in [5.74, 6) is -2.03. The van der Waals surface area contributed by atoms with E-state index >= 15 is 0 Å². The fraction of sp³-hybridized carbons (Fsp3) is 0.700. The van der Waals surface area contributed by atoms with Crippen LogP contribution in [0.5, 0.6) is 0 Å². The van der Waals surface area contributed by atoms with Crippen molar-refractivity contribution >= 4 is 22.6 Å². The molecule has 1 atom stereocenters. The summed E-state index contributed by atoms with van der Waals surface area (Å²) >= 11 is 0.709. The summed E-state index contributed by atoms with van der Waals surface area (Å²) in [6.07, 6.45) is -4.53. The van der Waals surface area contributed by atoms with Crippen molar-refractivity contribution < 1.29 is 23.1 Å². The van der Waals surface area contributed by atoms with Crippen LogP contribution in [0.15, 0.2) is 0 Å². The molecule has 1 saturated heterocycles. The zero-order valence-electron chi connectivity index (χ0n) is 10.6. The van der Waals surface area contributed by atoms with Gasteiger partial charge in [0.1, 0.15) is 6.04 Å². The Morgan fingerprint density at radius 2 is 1.95 bits per heavy atom. The van der Waals surface area contributed by atoms with Gasteiger partial charge in [0.2, 0.25) is 11.0 Å². The number of rotatable bonds is 3. The predicted octanol–water partition coefficient (Wildman–Crippen LogP) is 1.15. The van der Waals surface area contributed by atoms with Crippen molar-refractivity contribution in [2.24, 2.45) is 0 Å². The van der Waals surface area contributed by atoms with E-state index in [0.29, 0.717) is 37.7 Å². The number of alkyl halides is 3. The number of nitrogens with zero attached hydrogens (tertiary/aromatic N) is 4. The van der Waals surface area contributed by atoms with Crippen LogP contribution < -0.4 is 4.90 Å². The molecule has 1 N–H and O–H groups in total. The second-order valence-electron chi connectivity index (χ2n) is 4.44. The summed E-state index contributed by atoms with van der Waals surface area (Å²) in [5, 5.41) is 9.13. The molecular formula is C10H13F3N4O2S. The Labute approximate surface area is 117 Å². The number of carboxylic acid groups (broad SMARTS) is 1. The Hall–Kier alpha value is -1.42. The van der Waals surface area contributed by atoms with Crippen molar-refractivity contribution in [2.45, 2.75) is 19.1 Å². The smallest absolute Gasteiger partial charge is 0.452 e. The minimum absolute atomic E-state index is 0.222. The first kappa shape index (κ1) is 15.0. The van der Waals surface area contributed by atoms with Gasteiger partial charge in [-0.2, -0.15) is 22.5 Å². The molecule has 20 heavy (non-hydrogen) atoms. The summed E-state index contributed by atoms with van der Waals surface area (Å²) in [6.45, 7) is 3.39. The molecule has 0 aromatic carbocycles. The zero-order chi connectivity index (χ0) is 14.9. The first-order valence-electron chi connectivity index (χ1n) is 5.91. The SMILES string of the molecule is CC(C(=O)O)N1CCN(c2nc(C(F)(F)F)ns2)CC1. The van der Waals surface area contributed by atoms with Gasteiger partial charge in [-0.3, -0.25) is 9.69 Å². The predicted molar refractivity (Wildman–Crippen MR) is 65.8 cm³/mol. The van der Waals surface area contributed by atoms with Crippen molar-refractivity contribution in [3.05, 3.63) is 5.82 Å². The van der Waals surface area contributed by atoms with Crippen LogP contribution in [-0.4, -0.2) is 57.6 Å². The average molecular weight is 310 g/mol. The van der Waals surface area contributed by atoms with Gasteiger partial charge in [-0.05, 0) is 6.92 Å². The number of carbonyl (C=O) groups is 1. The Balaban J connectivity index is 1.97. The summed E-state index contributed by atoms with van der Waals surface area (Å²) in [7, 11) is 0. The Morgan fingerprint density at radius 1 is 1.35 bits per heavy atom. The van der Waals surface area contributed by atoms with Gasteiger partial charge in [0.25, 0.3) is 0 Å². The third kappa shape index (κ3) is 3.18. The van der Waals surface area contributed by atoms with Crippen LogP contribution in [0, 0.1) is 0 Å². The van der Waals surface area contributed by atoms with Crippen LogP contribution in [0.1, 0.15) is 12.7 Å². The van der Waals surface area contributed by atoms with Crippen LogP contribution in [-0.2, 0) is 11.0 Å². The molecule has 0 spiro atoms. The molecule has 0 radical (unpaired) electrons. The molecule has 0 amide bonds. The number of aliphatic carboxylic acids is 1. The molecule has 1 aromatic rings. The number of hydrogen-bond donors (Lipinski definition) is 1. The minimum Gasteiger partial charge on any atom is -0.480 e. The van der Waals surface area contributed by atoms with E-state index in [9.17, 15) is 18.0 Å². The van der Waals surface area contributed by atoms with E-state index in [0.717, 1.165) is 0 Å². The van der Waals surface area contributed by atoms with Crippen LogP contribution in [0.3, 0.4) is 0 Å². The number of aromatic nitrogens is 2. The van der Waals surface area contributed by atoms with Crippen LogP contribution >= 0.6 is 11.5 Å². The molecule has 1 aromatic heterocycles. The van der Waals surface area contributed by atoms with E-state index in [-0.39, 0.29) is 5.13 Å². The normalized spacial score (nSPS) is 19.1. The molecule has 1 fully saturated rings. The molecule has 10 heteroatoms. The highest BCUT2D eigenvalue weighted by molar-refractivity contribution is 7.09. The highest BCUT2D eigenvalue weighted by atomic mass is 32.1. The standard InChI is InChI=1S/C10H13F3N4O2S/c1-6(7(18)19)16-2-4-17(5-3-16)9-14-8(15-20-9)10(11,12)13/h6H,2-5H2,1H3,(H,18,19). The van der Waals surface area contributed by atoms with Crippen LogP contribution in [0.25, 0.3) is 0 Å². The van der Waals surface area contributed by atoms with E-state index in [1.54, 1.807) is 16.7 Å². The van der Waals surface area contributed by atoms with E-state index in [1.807, 2.05) is 0 Å². The van der Waals surface area contributed by atoms with Gasteiger partial charge in [0.15, 0.2) is 0 Å². The second kappa shape index (κ2) is 5.52. The summed E-state index contributed by atoms with van der Waals surface area (Å²) in [5.41, 5.74) is 0. The Morgan fingerprint density at radius 3 is 2.40 bits per heavy atom. The number of halogens is 3. The first-order chi connectivity index (χ1) is 9.29. The lowest BCUT2D eigenvalue weighted by Crippen LogP contribution is -2.51. The van der Waals surface area contributed by atoms with E-state index in [2.05, 4.69) is 9.36 Å². The lowest BCUT2D eigenvalue weighted by Gasteiger charge is -2.36. The first-order valence-corrected chi connectivity index (χ1v) is 6.69. The van der Waals surface area contributed by atoms with Gasteiger partial charge in [-0.25, -0.2) is 0 Å². The lowest BCUT2D eigenvalue weighted by molar-refractivity contribution is -0.144. The maximum Gasteiger partial charge on any atom is 0.452 e. The number of piperazine rings is 1. The van der Waals surface area contributed by atoms with Crippen molar-refractivity contribution in [3.8, 4) is 0 Å². The third-order valence-corrected chi connectivity index (χ3v) is 3.94. The van der Waals surface area contributed by atoms with Gasteiger partial charge in [-0.15, -0.1) is 0 Å². The van der Waals surface area contributed by atoms with Crippen LogP contribution in [0.4, 0.5) is 18.3 Å². The third-order valence-electron chi connectivity index (χ3n) is 3.16. The largest absolute Gasteiger partial charge is 0.480 e. The van der Waals surface area contributed by atoms with Gasteiger partial charge in [0.05, 0.1) is 0 Å². The van der Waals surface area contributed by atoms with E-state index in [1.165, 1.54) is 0 Å². The molecular weight excluding hydrogens is 297 g/mol. The maximum absolute atomic E-state index is 12.4. The molecule has 1 aliphatic rings. The van der Waals surface area contributed by atoms with Crippen molar-refractivity contribution in [1.82, 2.24) is 14.3 Å². The van der Waals surface area contributed by atoms with E-state index in [4.69, 9.17) is 5.11 Å². The minimum atomic E-state index is -4.53. The fourth-order valence-corrected chi connectivity index (χ4v) is 2.65. The molecule has 1 unspecified atom stereocenters. The Kier molecular flexibility index (Phi) is 4.14. The number of hydrogen-bond acceptors (Lipinski definition) is 6. The highest BCUT2D eigenvalue weighted by Crippen LogP contribution is 2.30. The molecule has 0 bridgehead atoms. The topological polar surface area (TPSA) is 69.6 Å². The van der Waals surface area contributed by atoms with Crippen molar-refractivity contribution in [2.75, 3.05) is 31.1 Å². The monoisotopic (exact) mass is 310 g/mol. The zero-order valence-corrected chi connectivity index (χ0v) is 11.4. The molecule has 0 aliphatic carbocycles. The van der Waals surface area contributed by atoms with Gasteiger partial charge >= 0.3 is 12.1 Å². The van der Waals surface area contributed by atoms with Gasteiger partial charge < -0.3 is 10.0 Å². The van der Waals surface area contributed by atoms with Crippen molar-refractivity contribution in [3.63, 3.8) is 0 Å². The number of carboxylic acids is 1. The second-order valence-corrected chi connectivity index (χ2v) is 5.17. The molecule has 112 valence electrons. The quantitative estimate of drug-likeness (QED) is 0.903. The number of anilines is 1. The van der Waals surface area contributed by atoms with Gasteiger partial charge in [-0.1, -0.05) is 0 Å². The lowest BCUT2D eigenvalue weighted by atomic mass is 10.2. The average Bonchev–Trinajstić information content (AvgIpc) is 2.87. The van der Waals surface area contributed by atoms with Crippen molar-refractivity contribution in [1.29, 1.82) is 0 Å². The Bertz CT molecular complexity index is 485. The molecule has 1 aliphatic heterocycles. The molecule has 2 heterocycles. The molecule has 2 rings (SSSR count). The van der Waals surface area contributed by atoms with Gasteiger partial charge in [0, 0.05) is 37.7 Å². The van der Waals surface area contributed by atoms with E-state index < -0.39 is 24.0 Å². The maximum atomic E-state index is 12.4. The highest BCUT2D eigenvalue weighted by Gasteiger charge is 2.37. The molecule has 6 nitrogen and oxygen atoms in total.